The van der Waals surface area contributed by atoms with Gasteiger partial charge in [0.15, 0.2) is 15.6 Å². The molecule has 112 valence electrons. The number of hydrogen-bond acceptors (Lipinski definition) is 4. The van der Waals surface area contributed by atoms with Gasteiger partial charge in [-0.2, -0.15) is 0 Å². The first kappa shape index (κ1) is 16.6. The first-order valence-corrected chi connectivity index (χ1v) is 9.27. The van der Waals surface area contributed by atoms with Crippen molar-refractivity contribution in [3.8, 4) is 0 Å². The number of hydrogen-bond donors (Lipinski definition) is 1. The van der Waals surface area contributed by atoms with E-state index in [1.807, 2.05) is 6.92 Å². The zero-order valence-electron chi connectivity index (χ0n) is 12.2. The molecule has 0 aromatic rings. The van der Waals surface area contributed by atoms with E-state index >= 15 is 0 Å². The van der Waals surface area contributed by atoms with Gasteiger partial charge in [-0.25, -0.2) is 8.42 Å². The maximum atomic E-state index is 12.2. The van der Waals surface area contributed by atoms with Gasteiger partial charge in [0.2, 0.25) is 0 Å². The zero-order chi connectivity index (χ0) is 14.3. The second-order valence-corrected chi connectivity index (χ2v) is 7.66. The average Bonchev–Trinajstić information content (AvgIpc) is 2.37. The van der Waals surface area contributed by atoms with Crippen LogP contribution in [-0.2, 0) is 14.6 Å². The van der Waals surface area contributed by atoms with E-state index in [2.05, 4.69) is 5.32 Å². The Hall–Kier alpha value is -0.420. The van der Waals surface area contributed by atoms with Gasteiger partial charge < -0.3 is 5.32 Å². The number of carbonyl (C=O) groups excluding carboxylic acids is 1. The van der Waals surface area contributed by atoms with Crippen LogP contribution in [0.25, 0.3) is 0 Å². The third-order valence-electron chi connectivity index (χ3n) is 3.82. The van der Waals surface area contributed by atoms with Gasteiger partial charge in [0.05, 0.1) is 17.5 Å². The predicted molar refractivity (Wildman–Crippen MR) is 78.0 cm³/mol. The van der Waals surface area contributed by atoms with E-state index in [0.29, 0.717) is 18.9 Å². The molecule has 0 aromatic heterocycles. The van der Waals surface area contributed by atoms with Crippen molar-refractivity contribution in [1.82, 2.24) is 5.32 Å². The molecule has 0 bridgehead atoms. The number of ketones is 1. The molecule has 4 nitrogen and oxygen atoms in total. The van der Waals surface area contributed by atoms with E-state index in [0.717, 1.165) is 25.7 Å². The predicted octanol–water partition coefficient (Wildman–Crippen LogP) is 1.94. The van der Waals surface area contributed by atoms with Crippen LogP contribution >= 0.6 is 0 Å². The number of Topliss-reactive ketones (excluding diaryl/α,β-unsaturated/α-hetero) is 1. The Labute approximate surface area is 117 Å². The summed E-state index contributed by atoms with van der Waals surface area (Å²) in [7, 11) is -3.14. The Bertz CT molecular complexity index is 372. The number of nitrogens with one attached hydrogen (secondary N) is 1. The van der Waals surface area contributed by atoms with Crippen LogP contribution in [0.4, 0.5) is 0 Å². The van der Waals surface area contributed by atoms with Crippen molar-refractivity contribution in [2.75, 3.05) is 18.1 Å². The van der Waals surface area contributed by atoms with Crippen molar-refractivity contribution in [1.29, 1.82) is 0 Å². The van der Waals surface area contributed by atoms with Crippen molar-refractivity contribution < 1.29 is 13.2 Å². The fraction of sp³-hybridized carbons (Fsp3) is 0.929. The van der Waals surface area contributed by atoms with Crippen LogP contribution in [0, 0.1) is 5.92 Å². The molecule has 0 aromatic carbocycles. The Morgan fingerprint density at radius 1 is 1.21 bits per heavy atom. The van der Waals surface area contributed by atoms with E-state index in [4.69, 9.17) is 0 Å². The summed E-state index contributed by atoms with van der Waals surface area (Å²) < 4.78 is 24.4. The topological polar surface area (TPSA) is 63.2 Å². The SMILES string of the molecule is CCNC(CS(=O)(=O)CC1CCCCC1)C(=O)CC. The Balaban J connectivity index is 2.57. The van der Waals surface area contributed by atoms with E-state index in [9.17, 15) is 13.2 Å². The number of carbonyl (C=O) groups is 1. The molecular formula is C14H27NO3S. The molecular weight excluding hydrogens is 262 g/mol. The van der Waals surface area contributed by atoms with Crippen LogP contribution in [0.5, 0.6) is 0 Å². The molecule has 0 heterocycles. The normalized spacial score (nSPS) is 19.3. The lowest BCUT2D eigenvalue weighted by Gasteiger charge is -2.23. The molecule has 1 fully saturated rings. The Morgan fingerprint density at radius 2 is 1.84 bits per heavy atom. The molecule has 0 amide bonds. The highest BCUT2D eigenvalue weighted by Crippen LogP contribution is 2.25. The second-order valence-electron chi connectivity index (χ2n) is 5.51. The summed E-state index contributed by atoms with van der Waals surface area (Å²) in [5.41, 5.74) is 0. The molecule has 1 saturated carbocycles. The largest absolute Gasteiger partial charge is 0.307 e. The van der Waals surface area contributed by atoms with Gasteiger partial charge in [0.25, 0.3) is 0 Å². The molecule has 1 N–H and O–H groups in total. The van der Waals surface area contributed by atoms with E-state index in [1.165, 1.54) is 6.42 Å². The van der Waals surface area contributed by atoms with Crippen molar-refractivity contribution in [3.05, 3.63) is 0 Å². The third kappa shape index (κ3) is 6.04. The average molecular weight is 289 g/mol. The van der Waals surface area contributed by atoms with Crippen LogP contribution < -0.4 is 5.32 Å². The zero-order valence-corrected chi connectivity index (χ0v) is 13.0. The van der Waals surface area contributed by atoms with E-state index < -0.39 is 15.9 Å². The highest BCUT2D eigenvalue weighted by atomic mass is 32.2. The molecule has 19 heavy (non-hydrogen) atoms. The maximum Gasteiger partial charge on any atom is 0.152 e. The van der Waals surface area contributed by atoms with Gasteiger partial charge in [-0.05, 0) is 25.3 Å². The number of likely N-dealkylation sites (N-methyl/N-ethyl adjacent to an activating group) is 1. The summed E-state index contributed by atoms with van der Waals surface area (Å²) in [6.45, 7) is 4.29. The summed E-state index contributed by atoms with van der Waals surface area (Å²) in [5.74, 6) is 0.516. The van der Waals surface area contributed by atoms with Crippen LogP contribution in [0.15, 0.2) is 0 Å². The van der Waals surface area contributed by atoms with Gasteiger partial charge in [-0.3, -0.25) is 4.79 Å². The van der Waals surface area contributed by atoms with Gasteiger partial charge in [-0.15, -0.1) is 0 Å². The monoisotopic (exact) mass is 289 g/mol. The smallest absolute Gasteiger partial charge is 0.152 e. The van der Waals surface area contributed by atoms with Gasteiger partial charge >= 0.3 is 0 Å². The second kappa shape index (κ2) is 8.00. The minimum atomic E-state index is -3.14. The molecule has 1 atom stereocenters. The summed E-state index contributed by atoms with van der Waals surface area (Å²) in [6.07, 6.45) is 5.94. The fourth-order valence-electron chi connectivity index (χ4n) is 2.79. The van der Waals surface area contributed by atoms with Gasteiger partial charge in [0.1, 0.15) is 0 Å². The molecule has 1 unspecified atom stereocenters. The van der Waals surface area contributed by atoms with Crippen molar-refractivity contribution in [2.45, 2.75) is 58.4 Å². The lowest BCUT2D eigenvalue weighted by atomic mass is 9.91. The van der Waals surface area contributed by atoms with Crippen molar-refractivity contribution in [3.63, 3.8) is 0 Å². The Kier molecular flexibility index (Phi) is 7.00. The van der Waals surface area contributed by atoms with E-state index in [-0.39, 0.29) is 17.3 Å². The van der Waals surface area contributed by atoms with Gasteiger partial charge in [0, 0.05) is 6.42 Å². The van der Waals surface area contributed by atoms with Crippen LogP contribution in [0.2, 0.25) is 0 Å². The summed E-state index contributed by atoms with van der Waals surface area (Å²) in [6, 6.07) is -0.524. The quantitative estimate of drug-likeness (QED) is 0.741. The fourth-order valence-corrected chi connectivity index (χ4v) is 4.79. The summed E-state index contributed by atoms with van der Waals surface area (Å²) in [4.78, 5) is 11.7. The maximum absolute atomic E-state index is 12.2. The number of rotatable bonds is 8. The van der Waals surface area contributed by atoms with Crippen LogP contribution in [0.1, 0.15) is 52.4 Å². The van der Waals surface area contributed by atoms with Crippen LogP contribution in [0.3, 0.4) is 0 Å². The summed E-state index contributed by atoms with van der Waals surface area (Å²) >= 11 is 0. The number of sulfone groups is 1. The highest BCUT2D eigenvalue weighted by molar-refractivity contribution is 7.91. The first-order chi connectivity index (χ1) is 8.98. The molecule has 5 heteroatoms. The van der Waals surface area contributed by atoms with Crippen molar-refractivity contribution >= 4 is 15.6 Å². The molecule has 1 rings (SSSR count). The molecule has 0 spiro atoms. The molecule has 1 aliphatic carbocycles. The van der Waals surface area contributed by atoms with Crippen LogP contribution in [-0.4, -0.2) is 38.3 Å². The van der Waals surface area contributed by atoms with Crippen molar-refractivity contribution in [2.24, 2.45) is 5.92 Å². The first-order valence-electron chi connectivity index (χ1n) is 7.45. The lowest BCUT2D eigenvalue weighted by Crippen LogP contribution is -2.43. The standard InChI is InChI=1S/C14H27NO3S/c1-3-14(16)13(15-4-2)11-19(17,18)10-12-8-6-5-7-9-12/h12-13,15H,3-11H2,1-2H3. The minimum Gasteiger partial charge on any atom is -0.307 e. The lowest BCUT2D eigenvalue weighted by molar-refractivity contribution is -0.120. The molecule has 0 saturated heterocycles. The molecule has 0 radical (unpaired) electrons. The van der Waals surface area contributed by atoms with E-state index in [1.54, 1.807) is 6.92 Å². The Morgan fingerprint density at radius 3 is 2.37 bits per heavy atom. The molecule has 1 aliphatic rings. The van der Waals surface area contributed by atoms with Gasteiger partial charge in [-0.1, -0.05) is 33.1 Å². The minimum absolute atomic E-state index is 0.00549. The molecule has 0 aliphatic heterocycles. The summed E-state index contributed by atoms with van der Waals surface area (Å²) in [5, 5.41) is 3.00. The third-order valence-corrected chi connectivity index (χ3v) is 5.64. The highest BCUT2D eigenvalue weighted by Gasteiger charge is 2.27.